The van der Waals surface area contributed by atoms with E-state index in [0.29, 0.717) is 6.54 Å². The van der Waals surface area contributed by atoms with Crippen LogP contribution in [0.3, 0.4) is 0 Å². The molecule has 0 saturated carbocycles. The predicted octanol–water partition coefficient (Wildman–Crippen LogP) is 5.84. The first kappa shape index (κ1) is 20.1. The first-order valence-electron chi connectivity index (χ1n) is 8.90. The first-order valence-corrected chi connectivity index (χ1v) is 12.1. The van der Waals surface area contributed by atoms with Gasteiger partial charge in [0.05, 0.1) is 0 Å². The maximum Gasteiger partial charge on any atom is 0.251 e. The molecule has 0 fully saturated rings. The predicted molar refractivity (Wildman–Crippen MR) is 121 cm³/mol. The van der Waals surface area contributed by atoms with Crippen molar-refractivity contribution < 1.29 is 4.79 Å². The summed E-state index contributed by atoms with van der Waals surface area (Å²) in [5, 5.41) is 5.10. The van der Waals surface area contributed by atoms with Gasteiger partial charge in [-0.25, -0.2) is 0 Å². The lowest BCUT2D eigenvalue weighted by molar-refractivity contribution is 0.0956. The summed E-state index contributed by atoms with van der Waals surface area (Å²) in [5.41, 5.74) is 3.32. The molecule has 3 rings (SSSR count). The van der Waals surface area contributed by atoms with Gasteiger partial charge in [0, 0.05) is 40.0 Å². The smallest absolute Gasteiger partial charge is 0.251 e. The Morgan fingerprint density at radius 3 is 2.26 bits per heavy atom. The zero-order chi connectivity index (χ0) is 18.7. The molecule has 2 nitrogen and oxygen atoms in total. The summed E-state index contributed by atoms with van der Waals surface area (Å²) in [4.78, 5) is 13.6. The zero-order valence-corrected chi connectivity index (χ0v) is 17.5. The maximum atomic E-state index is 12.2. The highest BCUT2D eigenvalue weighted by Gasteiger charge is 2.05. The first-order chi connectivity index (χ1) is 13.3. The van der Waals surface area contributed by atoms with E-state index in [1.54, 1.807) is 11.3 Å². The molecule has 3 aromatic rings. The van der Waals surface area contributed by atoms with Crippen LogP contribution in [-0.4, -0.2) is 18.2 Å². The molecule has 0 unspecified atom stereocenters. The molecule has 1 amide bonds. The highest BCUT2D eigenvalue weighted by atomic mass is 32.2. The molecule has 0 saturated heterocycles. The van der Waals surface area contributed by atoms with Crippen LogP contribution in [0.2, 0.25) is 0 Å². The van der Waals surface area contributed by atoms with Gasteiger partial charge in [-0.3, -0.25) is 4.79 Å². The minimum Gasteiger partial charge on any atom is -0.351 e. The molecule has 2 aromatic carbocycles. The van der Waals surface area contributed by atoms with E-state index in [4.69, 9.17) is 0 Å². The highest BCUT2D eigenvalue weighted by molar-refractivity contribution is 7.98. The normalized spacial score (nSPS) is 10.7. The molecule has 0 atom stereocenters. The van der Waals surface area contributed by atoms with Gasteiger partial charge < -0.3 is 5.32 Å². The Balaban J connectivity index is 1.34. The number of benzene rings is 2. The number of carbonyl (C=O) groups excluding carboxylic acids is 1. The van der Waals surface area contributed by atoms with E-state index in [1.807, 2.05) is 41.7 Å². The molecule has 0 radical (unpaired) electrons. The van der Waals surface area contributed by atoms with Gasteiger partial charge in [0.2, 0.25) is 0 Å². The summed E-state index contributed by atoms with van der Waals surface area (Å²) in [6.07, 6.45) is 0. The molecule has 0 spiro atoms. The molecule has 0 aliphatic rings. The Morgan fingerprint density at radius 2 is 1.56 bits per heavy atom. The monoisotopic (exact) mass is 413 g/mol. The zero-order valence-electron chi connectivity index (χ0n) is 15.1. The Labute approximate surface area is 173 Å². The number of rotatable bonds is 10. The van der Waals surface area contributed by atoms with Crippen molar-refractivity contribution in [2.45, 2.75) is 17.3 Å². The second-order valence-corrected chi connectivity index (χ2v) is 9.19. The molecular weight excluding hydrogens is 390 g/mol. The number of hydrogen-bond donors (Lipinski definition) is 1. The Hall–Kier alpha value is -1.69. The van der Waals surface area contributed by atoms with E-state index in [2.05, 4.69) is 59.2 Å². The summed E-state index contributed by atoms with van der Waals surface area (Å²) >= 11 is 5.52. The molecule has 1 N–H and O–H groups in total. The Bertz CT molecular complexity index is 801. The molecular formula is C22H23NOS3. The fourth-order valence-corrected chi connectivity index (χ4v) is 5.18. The van der Waals surface area contributed by atoms with E-state index >= 15 is 0 Å². The minimum atomic E-state index is 0.00946. The van der Waals surface area contributed by atoms with Crippen molar-refractivity contribution in [2.75, 3.05) is 12.3 Å². The lowest BCUT2D eigenvalue weighted by Crippen LogP contribution is -2.25. The number of thioether (sulfide) groups is 2. The summed E-state index contributed by atoms with van der Waals surface area (Å²) < 4.78 is 0. The van der Waals surface area contributed by atoms with Crippen LogP contribution in [0.5, 0.6) is 0 Å². The van der Waals surface area contributed by atoms with Crippen LogP contribution in [0.25, 0.3) is 0 Å². The van der Waals surface area contributed by atoms with E-state index < -0.39 is 0 Å². The van der Waals surface area contributed by atoms with Crippen LogP contribution >= 0.6 is 34.9 Å². The van der Waals surface area contributed by atoms with Crippen LogP contribution in [-0.2, 0) is 17.3 Å². The van der Waals surface area contributed by atoms with Crippen molar-refractivity contribution in [3.63, 3.8) is 0 Å². The van der Waals surface area contributed by atoms with Crippen molar-refractivity contribution in [3.8, 4) is 0 Å². The van der Waals surface area contributed by atoms with Crippen molar-refractivity contribution in [3.05, 3.63) is 93.7 Å². The third kappa shape index (κ3) is 7.09. The summed E-state index contributed by atoms with van der Waals surface area (Å²) in [7, 11) is 0. The topological polar surface area (TPSA) is 29.1 Å². The lowest BCUT2D eigenvalue weighted by atomic mass is 10.1. The second-order valence-electron chi connectivity index (χ2n) is 6.06. The van der Waals surface area contributed by atoms with E-state index in [-0.39, 0.29) is 5.91 Å². The molecule has 5 heteroatoms. The average Bonchev–Trinajstić information content (AvgIpc) is 3.22. The van der Waals surface area contributed by atoms with Gasteiger partial charge in [0.1, 0.15) is 0 Å². The van der Waals surface area contributed by atoms with Crippen molar-refractivity contribution in [1.29, 1.82) is 0 Å². The van der Waals surface area contributed by atoms with Crippen LogP contribution in [0.15, 0.2) is 72.1 Å². The number of hydrogen-bond acceptors (Lipinski definition) is 4. The average molecular weight is 414 g/mol. The quantitative estimate of drug-likeness (QED) is 0.423. The number of carbonyl (C=O) groups is 1. The molecule has 0 aliphatic carbocycles. The van der Waals surface area contributed by atoms with Gasteiger partial charge in [0.15, 0.2) is 0 Å². The van der Waals surface area contributed by atoms with Crippen molar-refractivity contribution in [1.82, 2.24) is 5.32 Å². The van der Waals surface area contributed by atoms with Crippen LogP contribution in [0.4, 0.5) is 0 Å². The summed E-state index contributed by atoms with van der Waals surface area (Å²) in [5.74, 6) is 3.92. The Morgan fingerprint density at radius 1 is 0.815 bits per heavy atom. The van der Waals surface area contributed by atoms with Gasteiger partial charge in [-0.15, -0.1) is 11.3 Å². The van der Waals surface area contributed by atoms with Crippen molar-refractivity contribution in [2.24, 2.45) is 0 Å². The van der Waals surface area contributed by atoms with E-state index in [0.717, 1.165) is 28.6 Å². The standard InChI is InChI=1S/C22H23NOS3/c24-22(23-12-14-25-17-21-7-4-13-27-21)20-10-8-19(9-11-20)16-26-15-18-5-2-1-3-6-18/h1-11,13H,12,14-17H2,(H,23,24). The number of amides is 1. The van der Waals surface area contributed by atoms with Crippen molar-refractivity contribution >= 4 is 40.8 Å². The fourth-order valence-electron chi connectivity index (χ4n) is 2.52. The molecule has 1 aromatic heterocycles. The van der Waals surface area contributed by atoms with E-state index in [9.17, 15) is 4.79 Å². The molecule has 1 heterocycles. The largest absolute Gasteiger partial charge is 0.351 e. The molecule has 140 valence electrons. The van der Waals surface area contributed by atoms with Crippen LogP contribution < -0.4 is 5.32 Å². The highest BCUT2D eigenvalue weighted by Crippen LogP contribution is 2.18. The van der Waals surface area contributed by atoms with Crippen LogP contribution in [0, 0.1) is 0 Å². The van der Waals surface area contributed by atoms with E-state index in [1.165, 1.54) is 16.0 Å². The van der Waals surface area contributed by atoms with Gasteiger partial charge in [-0.2, -0.15) is 23.5 Å². The lowest BCUT2D eigenvalue weighted by Gasteiger charge is -2.07. The van der Waals surface area contributed by atoms with Gasteiger partial charge in [-0.05, 0) is 34.7 Å². The number of nitrogens with one attached hydrogen (secondary N) is 1. The van der Waals surface area contributed by atoms with Crippen LogP contribution in [0.1, 0.15) is 26.4 Å². The third-order valence-corrected chi connectivity index (χ3v) is 7.09. The van der Waals surface area contributed by atoms with Gasteiger partial charge >= 0.3 is 0 Å². The SMILES string of the molecule is O=C(NCCSCc1cccs1)c1ccc(CSCc2ccccc2)cc1. The fraction of sp³-hybridized carbons (Fsp3) is 0.227. The molecule has 0 bridgehead atoms. The third-order valence-electron chi connectivity index (χ3n) is 3.95. The maximum absolute atomic E-state index is 12.2. The Kier molecular flexibility index (Phi) is 8.33. The molecule has 0 aliphatic heterocycles. The number of thiophene rings is 1. The second kappa shape index (κ2) is 11.2. The summed E-state index contributed by atoms with van der Waals surface area (Å²) in [6, 6.07) is 22.7. The minimum absolute atomic E-state index is 0.00946. The molecule has 27 heavy (non-hydrogen) atoms. The van der Waals surface area contributed by atoms with Gasteiger partial charge in [-0.1, -0.05) is 48.5 Å². The van der Waals surface area contributed by atoms with Gasteiger partial charge in [0.25, 0.3) is 5.91 Å². The summed E-state index contributed by atoms with van der Waals surface area (Å²) in [6.45, 7) is 0.698.